The Kier molecular flexibility index (Phi) is 3.26. The Morgan fingerprint density at radius 3 is 2.53 bits per heavy atom. The fraction of sp³-hybridized carbons (Fsp3) is 0.400. The van der Waals surface area contributed by atoms with E-state index in [2.05, 4.69) is 0 Å². The van der Waals surface area contributed by atoms with Crippen LogP contribution >= 0.6 is 0 Å². The lowest BCUT2D eigenvalue weighted by atomic mass is 9.99. The number of alkyl halides is 2. The van der Waals surface area contributed by atoms with Gasteiger partial charge < -0.3 is 15.9 Å². The highest BCUT2D eigenvalue weighted by Gasteiger charge is 2.38. The van der Waals surface area contributed by atoms with Crippen LogP contribution in [0.5, 0.6) is 5.75 Å². The van der Waals surface area contributed by atoms with Crippen LogP contribution in [0.25, 0.3) is 0 Å². The van der Waals surface area contributed by atoms with Gasteiger partial charge in [0.1, 0.15) is 18.4 Å². The number of benzene rings is 1. The van der Waals surface area contributed by atoms with Crippen molar-refractivity contribution in [1.29, 1.82) is 0 Å². The highest BCUT2D eigenvalue weighted by molar-refractivity contribution is 5.38. The molecule has 5 heteroatoms. The van der Waals surface area contributed by atoms with E-state index in [-0.39, 0.29) is 11.3 Å². The van der Waals surface area contributed by atoms with Gasteiger partial charge in [-0.25, -0.2) is 8.78 Å². The zero-order valence-corrected chi connectivity index (χ0v) is 8.24. The highest BCUT2D eigenvalue weighted by Crippen LogP contribution is 2.33. The van der Waals surface area contributed by atoms with Crippen LogP contribution in [-0.4, -0.2) is 22.7 Å². The van der Waals surface area contributed by atoms with Crippen molar-refractivity contribution in [3.05, 3.63) is 29.3 Å². The van der Waals surface area contributed by atoms with Crippen molar-refractivity contribution in [3.63, 3.8) is 0 Å². The van der Waals surface area contributed by atoms with E-state index in [1.54, 1.807) is 13.0 Å². The van der Waals surface area contributed by atoms with Gasteiger partial charge in [-0.15, -0.1) is 0 Å². The molecule has 1 aromatic rings. The quantitative estimate of drug-likeness (QED) is 0.715. The molecular weight excluding hydrogens is 204 g/mol. The van der Waals surface area contributed by atoms with Gasteiger partial charge in [0.15, 0.2) is 0 Å². The van der Waals surface area contributed by atoms with Crippen molar-refractivity contribution in [2.75, 3.05) is 6.61 Å². The molecule has 1 aromatic carbocycles. The summed E-state index contributed by atoms with van der Waals surface area (Å²) in [5, 5.41) is 17.9. The second-order valence-corrected chi connectivity index (χ2v) is 3.46. The second-order valence-electron chi connectivity index (χ2n) is 3.46. The second kappa shape index (κ2) is 4.12. The monoisotopic (exact) mass is 217 g/mol. The van der Waals surface area contributed by atoms with E-state index < -0.39 is 18.6 Å². The average molecular weight is 217 g/mol. The summed E-state index contributed by atoms with van der Waals surface area (Å²) in [6.07, 6.45) is 0. The lowest BCUT2D eigenvalue weighted by molar-refractivity contribution is -0.0715. The Bertz CT molecular complexity index is 355. The first-order valence-corrected chi connectivity index (χ1v) is 4.42. The third kappa shape index (κ3) is 2.43. The minimum Gasteiger partial charge on any atom is -0.508 e. The lowest BCUT2D eigenvalue weighted by Gasteiger charge is -2.22. The molecule has 15 heavy (non-hydrogen) atoms. The number of hydrogen-bond acceptors (Lipinski definition) is 3. The zero-order chi connectivity index (χ0) is 11.6. The number of aliphatic hydroxyl groups excluding tert-OH is 1. The van der Waals surface area contributed by atoms with Gasteiger partial charge in [0.2, 0.25) is 0 Å². The van der Waals surface area contributed by atoms with Crippen molar-refractivity contribution < 1.29 is 19.0 Å². The van der Waals surface area contributed by atoms with E-state index in [0.29, 0.717) is 0 Å². The summed E-state index contributed by atoms with van der Waals surface area (Å²) in [5.74, 6) is -3.72. The minimum absolute atomic E-state index is 0.0698. The molecule has 0 aliphatic heterocycles. The Hall–Kier alpha value is -1.20. The summed E-state index contributed by atoms with van der Waals surface area (Å²) in [6, 6.07) is 2.55. The van der Waals surface area contributed by atoms with Crippen molar-refractivity contribution in [2.24, 2.45) is 5.73 Å². The topological polar surface area (TPSA) is 66.5 Å². The summed E-state index contributed by atoms with van der Waals surface area (Å²) in [4.78, 5) is 0. The van der Waals surface area contributed by atoms with Gasteiger partial charge in [-0.05, 0) is 18.6 Å². The van der Waals surface area contributed by atoms with E-state index >= 15 is 0 Å². The van der Waals surface area contributed by atoms with E-state index in [9.17, 15) is 13.9 Å². The van der Waals surface area contributed by atoms with E-state index in [1.165, 1.54) is 12.1 Å². The van der Waals surface area contributed by atoms with Gasteiger partial charge in [-0.3, -0.25) is 0 Å². The summed E-state index contributed by atoms with van der Waals surface area (Å²) in [7, 11) is 0. The average Bonchev–Trinajstić information content (AvgIpc) is 2.17. The maximum absolute atomic E-state index is 13.0. The molecule has 0 bridgehead atoms. The lowest BCUT2D eigenvalue weighted by Crippen LogP contribution is -2.36. The van der Waals surface area contributed by atoms with Gasteiger partial charge in [0.25, 0.3) is 5.92 Å². The number of hydrogen-bond donors (Lipinski definition) is 3. The molecule has 0 saturated heterocycles. The van der Waals surface area contributed by atoms with Gasteiger partial charge in [0.05, 0.1) is 0 Å². The molecule has 0 heterocycles. The largest absolute Gasteiger partial charge is 0.508 e. The van der Waals surface area contributed by atoms with Crippen LogP contribution in [-0.2, 0) is 0 Å². The molecule has 0 saturated carbocycles. The number of nitrogens with two attached hydrogens (primary N) is 1. The molecule has 0 aliphatic rings. The number of aliphatic hydroxyl groups is 1. The molecule has 1 atom stereocenters. The molecular formula is C10H13F2NO2. The number of rotatable bonds is 3. The molecule has 0 amide bonds. The van der Waals surface area contributed by atoms with Crippen molar-refractivity contribution in [1.82, 2.24) is 0 Å². The van der Waals surface area contributed by atoms with E-state index in [1.807, 2.05) is 0 Å². The van der Waals surface area contributed by atoms with E-state index in [0.717, 1.165) is 5.56 Å². The molecule has 4 N–H and O–H groups in total. The Labute approximate surface area is 86.2 Å². The van der Waals surface area contributed by atoms with Crippen LogP contribution in [0, 0.1) is 6.92 Å². The molecule has 0 spiro atoms. The molecule has 0 aromatic heterocycles. The molecule has 0 fully saturated rings. The fourth-order valence-corrected chi connectivity index (χ4v) is 1.24. The van der Waals surface area contributed by atoms with Gasteiger partial charge >= 0.3 is 0 Å². The number of phenolic OH excluding ortho intramolecular Hbond substituents is 1. The molecule has 84 valence electrons. The summed E-state index contributed by atoms with van der Waals surface area (Å²) >= 11 is 0. The standard InChI is InChI=1S/C10H13F2NO2/c1-6-2-3-7(8(15)4-6)9(13)10(11,12)5-14/h2-4,9,14-15H,5,13H2,1H3/t9-/m1/s1. The fourth-order valence-electron chi connectivity index (χ4n) is 1.24. The summed E-state index contributed by atoms with van der Waals surface area (Å²) in [6.45, 7) is 0.376. The Balaban J connectivity index is 3.06. The predicted octanol–water partition coefficient (Wildman–Crippen LogP) is 1.33. The van der Waals surface area contributed by atoms with Gasteiger partial charge in [0, 0.05) is 5.56 Å². The Morgan fingerprint density at radius 1 is 1.47 bits per heavy atom. The van der Waals surface area contributed by atoms with E-state index in [4.69, 9.17) is 10.8 Å². The predicted molar refractivity (Wildman–Crippen MR) is 51.8 cm³/mol. The maximum Gasteiger partial charge on any atom is 0.289 e. The van der Waals surface area contributed by atoms with Crippen LogP contribution in [0.2, 0.25) is 0 Å². The third-order valence-corrected chi connectivity index (χ3v) is 2.19. The highest BCUT2D eigenvalue weighted by atomic mass is 19.3. The molecule has 0 aliphatic carbocycles. The number of halogens is 2. The molecule has 0 unspecified atom stereocenters. The van der Waals surface area contributed by atoms with Gasteiger partial charge in [-0.1, -0.05) is 12.1 Å². The van der Waals surface area contributed by atoms with Crippen LogP contribution < -0.4 is 5.73 Å². The first-order chi connectivity index (χ1) is 6.88. The van der Waals surface area contributed by atoms with Gasteiger partial charge in [-0.2, -0.15) is 0 Å². The molecule has 3 nitrogen and oxygen atoms in total. The first kappa shape index (κ1) is 11.9. The third-order valence-electron chi connectivity index (χ3n) is 2.19. The van der Waals surface area contributed by atoms with Crippen molar-refractivity contribution >= 4 is 0 Å². The van der Waals surface area contributed by atoms with Crippen LogP contribution in [0.4, 0.5) is 8.78 Å². The van der Waals surface area contributed by atoms with Crippen LogP contribution in [0.15, 0.2) is 18.2 Å². The summed E-state index contributed by atoms with van der Waals surface area (Å²) in [5.41, 5.74) is 5.94. The number of aryl methyl sites for hydroxylation is 1. The minimum atomic E-state index is -3.44. The molecule has 0 radical (unpaired) electrons. The first-order valence-electron chi connectivity index (χ1n) is 4.42. The zero-order valence-electron chi connectivity index (χ0n) is 8.24. The van der Waals surface area contributed by atoms with Crippen LogP contribution in [0.1, 0.15) is 17.2 Å². The smallest absolute Gasteiger partial charge is 0.289 e. The number of aromatic hydroxyl groups is 1. The normalized spacial score (nSPS) is 13.9. The van der Waals surface area contributed by atoms with Crippen molar-refractivity contribution in [3.8, 4) is 5.75 Å². The van der Waals surface area contributed by atoms with Crippen LogP contribution in [0.3, 0.4) is 0 Å². The SMILES string of the molecule is Cc1ccc([C@@H](N)C(F)(F)CO)c(O)c1. The number of phenols is 1. The maximum atomic E-state index is 13.0. The van der Waals surface area contributed by atoms with Crippen molar-refractivity contribution in [2.45, 2.75) is 18.9 Å². The Morgan fingerprint density at radius 2 is 2.07 bits per heavy atom. The summed E-state index contributed by atoms with van der Waals surface area (Å²) < 4.78 is 26.1. The molecule has 1 rings (SSSR count).